The van der Waals surface area contributed by atoms with Gasteiger partial charge in [-0.3, -0.25) is 0 Å². The minimum absolute atomic E-state index is 0.525. The van der Waals surface area contributed by atoms with Gasteiger partial charge in [0.1, 0.15) is 6.07 Å². The topological polar surface area (TPSA) is 82.2 Å². The number of hydrogen-bond acceptors (Lipinski definition) is 4. The summed E-state index contributed by atoms with van der Waals surface area (Å²) in [5, 5.41) is 20.9. The zero-order valence-corrected chi connectivity index (χ0v) is 45.1. The van der Waals surface area contributed by atoms with Crippen LogP contribution < -0.4 is 0 Å². The second kappa shape index (κ2) is 18.7. The molecule has 17 aromatic rings. The molecule has 8 nitrogen and oxygen atoms in total. The van der Waals surface area contributed by atoms with Crippen LogP contribution in [0.3, 0.4) is 0 Å². The standard InChI is InChI=1S/C76H46N8/c77-47-63-53(30-19-37-70(63)83-68-35-17-11-28-58(68)61-45-51(39-42-71(61)83)81-64-31-13-7-24-54(64)55-25-8-14-32-65(55)81)50-38-41-60(76-79-74(48-20-3-1-4-21-48)78-75(80-76)49-22-5-2-6-23-49)73(44-50)84-69-36-18-12-29-59(69)62-46-52(40-43-72(62)84)82-66-33-15-9-26-56(66)57-27-10-16-34-67(57)82/h1-46H. The Morgan fingerprint density at radius 2 is 0.619 bits per heavy atom. The van der Waals surface area contributed by atoms with E-state index in [0.29, 0.717) is 23.0 Å². The normalized spacial score (nSPS) is 11.8. The molecule has 0 saturated heterocycles. The second-order valence-electron chi connectivity index (χ2n) is 21.4. The molecule has 0 unspecified atom stereocenters. The Bertz CT molecular complexity index is 5420. The second-order valence-corrected chi connectivity index (χ2v) is 21.4. The number of rotatable bonds is 8. The van der Waals surface area contributed by atoms with Crippen LogP contribution in [-0.4, -0.2) is 33.2 Å². The van der Waals surface area contributed by atoms with Crippen LogP contribution in [0.2, 0.25) is 0 Å². The van der Waals surface area contributed by atoms with Gasteiger partial charge in [0, 0.05) is 76.7 Å². The van der Waals surface area contributed by atoms with Gasteiger partial charge in [0.2, 0.25) is 0 Å². The first-order valence-electron chi connectivity index (χ1n) is 28.2. The van der Waals surface area contributed by atoms with E-state index in [1.807, 2.05) is 60.7 Å². The summed E-state index contributed by atoms with van der Waals surface area (Å²) in [6.07, 6.45) is 0. The number of para-hydroxylation sites is 6. The maximum absolute atomic E-state index is 11.7. The van der Waals surface area contributed by atoms with Crippen LogP contribution in [0.5, 0.6) is 0 Å². The Hall–Kier alpha value is -11.7. The maximum Gasteiger partial charge on any atom is 0.166 e. The fraction of sp³-hybridized carbons (Fsp3) is 0. The average molecular weight is 1070 g/mol. The van der Waals surface area contributed by atoms with Crippen LogP contribution in [0.1, 0.15) is 5.56 Å². The first-order valence-corrected chi connectivity index (χ1v) is 28.2. The van der Waals surface area contributed by atoms with Gasteiger partial charge in [-0.25, -0.2) is 15.0 Å². The van der Waals surface area contributed by atoms with Gasteiger partial charge in [-0.15, -0.1) is 0 Å². The van der Waals surface area contributed by atoms with Crippen LogP contribution >= 0.6 is 0 Å². The number of nitrogens with zero attached hydrogens (tertiary/aromatic N) is 8. The van der Waals surface area contributed by atoms with Crippen molar-refractivity contribution < 1.29 is 0 Å². The fourth-order valence-electron chi connectivity index (χ4n) is 13.2. The summed E-state index contributed by atoms with van der Waals surface area (Å²) < 4.78 is 9.36. The molecule has 0 aliphatic rings. The number of nitriles is 1. The Labute approximate surface area is 481 Å². The number of hydrogen-bond donors (Lipinski definition) is 0. The van der Waals surface area contributed by atoms with Crippen molar-refractivity contribution in [1.29, 1.82) is 5.26 Å². The van der Waals surface area contributed by atoms with Crippen molar-refractivity contribution in [3.05, 3.63) is 285 Å². The van der Waals surface area contributed by atoms with Crippen LogP contribution in [-0.2, 0) is 0 Å². The SMILES string of the molecule is N#Cc1c(-c2ccc(-c3nc(-c4ccccc4)nc(-c4ccccc4)n3)c(-n3c4ccccc4c4cc(-n5c6ccccc6c6ccccc65)ccc43)c2)cccc1-n1c2ccccc2c2cc(-n3c4ccccc4c4ccccc43)ccc21. The van der Waals surface area contributed by atoms with E-state index in [9.17, 15) is 5.26 Å². The lowest BCUT2D eigenvalue weighted by Crippen LogP contribution is -2.04. The van der Waals surface area contributed by atoms with Crippen molar-refractivity contribution in [3.8, 4) is 74.1 Å². The van der Waals surface area contributed by atoms with Gasteiger partial charge < -0.3 is 18.3 Å². The van der Waals surface area contributed by atoms with E-state index >= 15 is 0 Å². The van der Waals surface area contributed by atoms with Crippen molar-refractivity contribution in [2.24, 2.45) is 0 Å². The molecule has 5 aromatic heterocycles. The number of aromatic nitrogens is 7. The highest BCUT2D eigenvalue weighted by atomic mass is 15.1. The highest BCUT2D eigenvalue weighted by molar-refractivity contribution is 6.14. The van der Waals surface area contributed by atoms with Gasteiger partial charge in [-0.1, -0.05) is 188 Å². The van der Waals surface area contributed by atoms with Gasteiger partial charge in [0.15, 0.2) is 17.5 Å². The quantitative estimate of drug-likeness (QED) is 0.152. The van der Waals surface area contributed by atoms with E-state index in [4.69, 9.17) is 15.0 Å². The molecule has 12 aromatic carbocycles. The van der Waals surface area contributed by atoms with E-state index in [2.05, 4.69) is 243 Å². The summed E-state index contributed by atoms with van der Waals surface area (Å²) in [6.45, 7) is 0. The summed E-state index contributed by atoms with van der Waals surface area (Å²) in [5.74, 6) is 1.66. The van der Waals surface area contributed by atoms with Crippen molar-refractivity contribution in [3.63, 3.8) is 0 Å². The van der Waals surface area contributed by atoms with Crippen molar-refractivity contribution in [2.75, 3.05) is 0 Å². The Balaban J connectivity index is 0.897. The summed E-state index contributed by atoms with van der Waals surface area (Å²) >= 11 is 0. The summed E-state index contributed by atoms with van der Waals surface area (Å²) in [7, 11) is 0. The number of fused-ring (bicyclic) bond motifs is 12. The van der Waals surface area contributed by atoms with Gasteiger partial charge in [0.05, 0.1) is 61.1 Å². The minimum atomic E-state index is 0.525. The summed E-state index contributed by atoms with van der Waals surface area (Å²) in [4.78, 5) is 15.8. The molecule has 17 rings (SSSR count). The first-order chi connectivity index (χ1) is 41.6. The predicted octanol–water partition coefficient (Wildman–Crippen LogP) is 18.8. The van der Waals surface area contributed by atoms with E-state index < -0.39 is 0 Å². The number of benzene rings is 12. The molecule has 0 radical (unpaired) electrons. The molecule has 390 valence electrons. The van der Waals surface area contributed by atoms with E-state index in [0.717, 1.165) is 116 Å². The van der Waals surface area contributed by atoms with Crippen LogP contribution in [0.15, 0.2) is 279 Å². The first kappa shape index (κ1) is 47.2. The van der Waals surface area contributed by atoms with E-state index in [-0.39, 0.29) is 0 Å². The molecule has 0 aliphatic carbocycles. The highest BCUT2D eigenvalue weighted by Crippen LogP contribution is 2.43. The third kappa shape index (κ3) is 7.16. The van der Waals surface area contributed by atoms with Crippen molar-refractivity contribution >= 4 is 87.2 Å². The van der Waals surface area contributed by atoms with Crippen molar-refractivity contribution in [1.82, 2.24) is 33.2 Å². The van der Waals surface area contributed by atoms with Gasteiger partial charge >= 0.3 is 0 Å². The van der Waals surface area contributed by atoms with Crippen LogP contribution in [0.25, 0.3) is 155 Å². The molecule has 0 amide bonds. The molecule has 5 heterocycles. The zero-order valence-electron chi connectivity index (χ0n) is 45.1. The molecule has 0 N–H and O–H groups in total. The molecule has 0 saturated carbocycles. The Morgan fingerprint density at radius 1 is 0.250 bits per heavy atom. The molecular formula is C76H46N8. The monoisotopic (exact) mass is 1070 g/mol. The van der Waals surface area contributed by atoms with Gasteiger partial charge in [-0.2, -0.15) is 5.26 Å². The van der Waals surface area contributed by atoms with E-state index in [1.54, 1.807) is 0 Å². The molecule has 0 atom stereocenters. The lowest BCUT2D eigenvalue weighted by Gasteiger charge is -2.18. The maximum atomic E-state index is 11.7. The third-order valence-corrected chi connectivity index (χ3v) is 16.9. The van der Waals surface area contributed by atoms with Gasteiger partial charge in [-0.05, 0) is 96.6 Å². The molecular weight excluding hydrogens is 1020 g/mol. The molecule has 0 fully saturated rings. The van der Waals surface area contributed by atoms with Crippen molar-refractivity contribution in [2.45, 2.75) is 0 Å². The predicted molar refractivity (Wildman–Crippen MR) is 344 cm³/mol. The molecule has 84 heavy (non-hydrogen) atoms. The van der Waals surface area contributed by atoms with Crippen LogP contribution in [0, 0.1) is 11.3 Å². The van der Waals surface area contributed by atoms with Gasteiger partial charge in [0.25, 0.3) is 0 Å². The molecule has 0 bridgehead atoms. The lowest BCUT2D eigenvalue weighted by atomic mass is 9.96. The molecule has 0 aliphatic heterocycles. The highest BCUT2D eigenvalue weighted by Gasteiger charge is 2.25. The Morgan fingerprint density at radius 3 is 1.06 bits per heavy atom. The smallest absolute Gasteiger partial charge is 0.166 e. The average Bonchev–Trinajstić information content (AvgIpc) is 2.98. The largest absolute Gasteiger partial charge is 0.309 e. The van der Waals surface area contributed by atoms with E-state index in [1.165, 1.54) is 21.5 Å². The summed E-state index contributed by atoms with van der Waals surface area (Å²) in [6, 6.07) is 101. The lowest BCUT2D eigenvalue weighted by molar-refractivity contribution is 1.06. The fourth-order valence-corrected chi connectivity index (χ4v) is 13.2. The Kier molecular flexibility index (Phi) is 10.5. The van der Waals surface area contributed by atoms with Crippen LogP contribution in [0.4, 0.5) is 0 Å². The molecule has 0 spiro atoms. The third-order valence-electron chi connectivity index (χ3n) is 16.9. The minimum Gasteiger partial charge on any atom is -0.309 e. The molecule has 8 heteroatoms. The summed E-state index contributed by atoms with van der Waals surface area (Å²) in [5.41, 5.74) is 17.3. The zero-order chi connectivity index (χ0) is 55.4.